The van der Waals surface area contributed by atoms with Gasteiger partial charge in [0.05, 0.1) is 12.1 Å². The van der Waals surface area contributed by atoms with Crippen LogP contribution in [-0.4, -0.2) is 58.8 Å². The number of aromatic nitrogens is 2. The third-order valence-corrected chi connectivity index (χ3v) is 7.91. The van der Waals surface area contributed by atoms with E-state index in [-0.39, 0.29) is 18.6 Å². The second kappa shape index (κ2) is 10.8. The minimum absolute atomic E-state index is 0.228. The molecule has 0 aliphatic carbocycles. The Morgan fingerprint density at radius 3 is 2.84 bits per heavy atom. The fourth-order valence-corrected chi connectivity index (χ4v) is 5.77. The van der Waals surface area contributed by atoms with Crippen LogP contribution in [-0.2, 0) is 17.9 Å². The van der Waals surface area contributed by atoms with E-state index < -0.39 is 12.1 Å². The van der Waals surface area contributed by atoms with Gasteiger partial charge in [0.25, 0.3) is 5.91 Å². The zero-order valence-electron chi connectivity index (χ0n) is 20.5. The monoisotopic (exact) mass is 649 g/mol. The topological polar surface area (TPSA) is 117 Å². The SMILES string of the molecule is CN(C(=O)c1c(I)nc(N2CCC[C@@H](NC(=O)O)C2)n1Cc1ccccc1Cl)c1ccc2c(c1)C(=O)OC2. The maximum absolute atomic E-state index is 14.0. The molecule has 12 heteroatoms. The fourth-order valence-electron chi connectivity index (χ4n) is 4.84. The zero-order valence-corrected chi connectivity index (χ0v) is 23.4. The van der Waals surface area contributed by atoms with Crippen molar-refractivity contribution in [2.75, 3.05) is 29.9 Å². The summed E-state index contributed by atoms with van der Waals surface area (Å²) in [6.07, 6.45) is 0.427. The maximum Gasteiger partial charge on any atom is 0.404 e. The first kappa shape index (κ1) is 26.3. The molecule has 2 aliphatic rings. The van der Waals surface area contributed by atoms with Crippen LogP contribution in [0, 0.1) is 3.70 Å². The number of piperidine rings is 1. The van der Waals surface area contributed by atoms with E-state index in [1.165, 1.54) is 4.90 Å². The maximum atomic E-state index is 14.0. The Hall–Kier alpha value is -3.32. The molecular weight excluding hydrogens is 625 g/mol. The van der Waals surface area contributed by atoms with Crippen LogP contribution >= 0.6 is 34.2 Å². The molecule has 2 aliphatic heterocycles. The van der Waals surface area contributed by atoms with Crippen molar-refractivity contribution >= 4 is 63.8 Å². The van der Waals surface area contributed by atoms with Crippen molar-refractivity contribution in [2.45, 2.75) is 32.0 Å². The van der Waals surface area contributed by atoms with E-state index >= 15 is 0 Å². The van der Waals surface area contributed by atoms with Gasteiger partial charge >= 0.3 is 12.1 Å². The van der Waals surface area contributed by atoms with E-state index in [2.05, 4.69) is 27.9 Å². The van der Waals surface area contributed by atoms with Gasteiger partial charge in [0.15, 0.2) is 0 Å². The standard InChI is InChI=1S/C26H25ClIN5O5/c1-31(18-9-8-16-14-38-24(35)19(16)11-18)23(34)21-22(28)30-25(32-10-4-6-17(13-32)29-26(36)37)33(21)12-15-5-2-3-7-20(15)27/h2-3,5,7-9,11,17,29H,4,6,10,12-14H2,1H3,(H,36,37)/t17-/m1/s1. The highest BCUT2D eigenvalue weighted by atomic mass is 127. The minimum Gasteiger partial charge on any atom is -0.465 e. The van der Waals surface area contributed by atoms with Gasteiger partial charge in [-0.1, -0.05) is 35.9 Å². The molecule has 3 aromatic rings. The average Bonchev–Trinajstić information content (AvgIpc) is 3.43. The van der Waals surface area contributed by atoms with Crippen LogP contribution in [0.1, 0.15) is 44.8 Å². The van der Waals surface area contributed by atoms with Crippen LogP contribution in [0.4, 0.5) is 16.4 Å². The predicted molar refractivity (Wildman–Crippen MR) is 150 cm³/mol. The smallest absolute Gasteiger partial charge is 0.404 e. The number of rotatable bonds is 6. The molecule has 198 valence electrons. The molecule has 2 aromatic carbocycles. The Morgan fingerprint density at radius 1 is 1.29 bits per heavy atom. The van der Waals surface area contributed by atoms with Crippen LogP contribution < -0.4 is 15.1 Å². The van der Waals surface area contributed by atoms with Crippen LogP contribution in [0.5, 0.6) is 0 Å². The quantitative estimate of drug-likeness (QED) is 0.301. The van der Waals surface area contributed by atoms with Gasteiger partial charge in [-0.25, -0.2) is 14.6 Å². The second-order valence-corrected chi connectivity index (χ2v) is 10.7. The number of benzene rings is 2. The van der Waals surface area contributed by atoms with Gasteiger partial charge in [-0.3, -0.25) is 4.79 Å². The van der Waals surface area contributed by atoms with Crippen LogP contribution in [0.25, 0.3) is 0 Å². The van der Waals surface area contributed by atoms with Gasteiger partial charge in [0.1, 0.15) is 16.0 Å². The number of imidazole rings is 1. The van der Waals surface area contributed by atoms with Crippen molar-refractivity contribution in [3.8, 4) is 0 Å². The van der Waals surface area contributed by atoms with Crippen molar-refractivity contribution in [2.24, 2.45) is 0 Å². The molecule has 2 N–H and O–H groups in total. The number of carbonyl (C=O) groups is 3. The molecule has 10 nitrogen and oxygen atoms in total. The Morgan fingerprint density at radius 2 is 2.08 bits per heavy atom. The Bertz CT molecular complexity index is 1430. The zero-order chi connectivity index (χ0) is 27.0. The van der Waals surface area contributed by atoms with E-state index in [1.807, 2.05) is 27.7 Å². The summed E-state index contributed by atoms with van der Waals surface area (Å²) in [6.45, 7) is 1.62. The highest BCUT2D eigenvalue weighted by molar-refractivity contribution is 14.1. The van der Waals surface area contributed by atoms with Gasteiger partial charge in [-0.2, -0.15) is 0 Å². The number of carboxylic acid groups (broad SMARTS) is 1. The fraction of sp³-hybridized carbons (Fsp3) is 0.308. The number of amides is 2. The number of carbonyl (C=O) groups excluding carboxylic acids is 2. The van der Waals surface area contributed by atoms with Gasteiger partial charge in [-0.15, -0.1) is 0 Å². The lowest BCUT2D eigenvalue weighted by Gasteiger charge is -2.33. The second-order valence-electron chi connectivity index (χ2n) is 9.25. The number of fused-ring (bicyclic) bond motifs is 1. The number of nitrogens with zero attached hydrogens (tertiary/aromatic N) is 4. The summed E-state index contributed by atoms with van der Waals surface area (Å²) < 4.78 is 7.45. The molecule has 3 heterocycles. The average molecular weight is 650 g/mol. The third-order valence-electron chi connectivity index (χ3n) is 6.79. The van der Waals surface area contributed by atoms with Crippen molar-refractivity contribution in [1.82, 2.24) is 14.9 Å². The molecule has 0 saturated carbocycles. The Kier molecular flexibility index (Phi) is 7.48. The summed E-state index contributed by atoms with van der Waals surface area (Å²) in [5.41, 5.74) is 2.99. The largest absolute Gasteiger partial charge is 0.465 e. The van der Waals surface area contributed by atoms with Crippen LogP contribution in [0.2, 0.25) is 5.02 Å². The molecule has 1 saturated heterocycles. The number of nitrogens with one attached hydrogen (secondary N) is 1. The summed E-state index contributed by atoms with van der Waals surface area (Å²) in [6, 6.07) is 12.4. The van der Waals surface area contributed by atoms with E-state index in [4.69, 9.17) is 21.3 Å². The van der Waals surface area contributed by atoms with E-state index in [0.29, 0.717) is 51.3 Å². The van der Waals surface area contributed by atoms with Gasteiger partial charge < -0.3 is 29.5 Å². The first-order chi connectivity index (χ1) is 18.2. The van der Waals surface area contributed by atoms with Crippen LogP contribution in [0.3, 0.4) is 0 Å². The molecule has 38 heavy (non-hydrogen) atoms. The Labute approximate surface area is 237 Å². The van der Waals surface area contributed by atoms with E-state index in [9.17, 15) is 19.5 Å². The Balaban J connectivity index is 1.54. The molecule has 0 radical (unpaired) electrons. The number of halogens is 2. The molecular formula is C26H25ClIN5O5. The number of hydrogen-bond donors (Lipinski definition) is 2. The number of esters is 1. The van der Waals surface area contributed by atoms with Crippen molar-refractivity contribution in [3.05, 3.63) is 73.6 Å². The number of anilines is 2. The first-order valence-electron chi connectivity index (χ1n) is 12.0. The summed E-state index contributed by atoms with van der Waals surface area (Å²) in [4.78, 5) is 45.6. The molecule has 5 rings (SSSR count). The third kappa shape index (κ3) is 5.17. The van der Waals surface area contributed by atoms with Crippen molar-refractivity contribution in [3.63, 3.8) is 0 Å². The number of cyclic esters (lactones) is 1. The lowest BCUT2D eigenvalue weighted by molar-refractivity contribution is 0.0534. The lowest BCUT2D eigenvalue weighted by Crippen LogP contribution is -2.48. The normalized spacial score (nSPS) is 16.7. The lowest BCUT2D eigenvalue weighted by atomic mass is 10.1. The van der Waals surface area contributed by atoms with Gasteiger partial charge in [-0.05, 0) is 59.2 Å². The summed E-state index contributed by atoms with van der Waals surface area (Å²) >= 11 is 8.55. The van der Waals surface area contributed by atoms with E-state index in [0.717, 1.165) is 24.0 Å². The highest BCUT2D eigenvalue weighted by Crippen LogP contribution is 2.30. The molecule has 1 fully saturated rings. The molecule has 2 amide bonds. The first-order valence-corrected chi connectivity index (χ1v) is 13.5. The number of hydrogen-bond acceptors (Lipinski definition) is 6. The predicted octanol–water partition coefficient (Wildman–Crippen LogP) is 4.37. The van der Waals surface area contributed by atoms with Crippen LogP contribution in [0.15, 0.2) is 42.5 Å². The number of ether oxygens (including phenoxy) is 1. The summed E-state index contributed by atoms with van der Waals surface area (Å²) in [7, 11) is 1.65. The molecule has 1 aromatic heterocycles. The molecule has 0 bridgehead atoms. The van der Waals surface area contributed by atoms with E-state index in [1.54, 1.807) is 31.3 Å². The van der Waals surface area contributed by atoms with Crippen molar-refractivity contribution in [1.29, 1.82) is 0 Å². The minimum atomic E-state index is -1.07. The van der Waals surface area contributed by atoms with Gasteiger partial charge in [0, 0.05) is 42.5 Å². The summed E-state index contributed by atoms with van der Waals surface area (Å²) in [5.74, 6) is -0.137. The molecule has 0 spiro atoms. The highest BCUT2D eigenvalue weighted by Gasteiger charge is 2.31. The van der Waals surface area contributed by atoms with Crippen molar-refractivity contribution < 1.29 is 24.2 Å². The summed E-state index contributed by atoms with van der Waals surface area (Å²) in [5, 5.41) is 12.4. The molecule has 0 unspecified atom stereocenters. The van der Waals surface area contributed by atoms with Gasteiger partial charge in [0.2, 0.25) is 5.95 Å². The molecule has 1 atom stereocenters.